The summed E-state index contributed by atoms with van der Waals surface area (Å²) in [6, 6.07) is 39.3. The topological polar surface area (TPSA) is 133 Å². The molecule has 0 unspecified atom stereocenters. The molecule has 3 fully saturated rings. The first-order valence-electron chi connectivity index (χ1n) is 32.1. The van der Waals surface area contributed by atoms with E-state index in [9.17, 15) is 14.4 Å². The Bertz CT molecular complexity index is 3730. The summed E-state index contributed by atoms with van der Waals surface area (Å²) in [6.07, 6.45) is 16.6. The number of nitrogens with zero attached hydrogens (tertiary/aromatic N) is 3. The van der Waals surface area contributed by atoms with Gasteiger partial charge in [0.2, 0.25) is 0 Å². The molecule has 0 bridgehead atoms. The molecule has 1 saturated carbocycles. The molecule has 6 aromatic rings. The third-order valence-electron chi connectivity index (χ3n) is 18.7. The van der Waals surface area contributed by atoms with E-state index in [4.69, 9.17) is 70.1 Å². The molecular weight excluding hydrogens is 1320 g/mol. The molecule has 93 heavy (non-hydrogen) atoms. The van der Waals surface area contributed by atoms with E-state index in [0.717, 1.165) is 130 Å². The van der Waals surface area contributed by atoms with E-state index in [1.54, 1.807) is 36.4 Å². The third-order valence-corrected chi connectivity index (χ3v) is 20.4. The molecule has 5 aliphatic heterocycles. The number of halogens is 5. The highest BCUT2D eigenvalue weighted by atomic mass is 79.9. The Morgan fingerprint density at radius 1 is 0.452 bits per heavy atom. The standard InChI is InChI=1S/C25H29BrN2O3.C25H28Cl2N2O2.C24H26Cl2N2O3/c1-28(2,23-9-11-30-12-10-23)16-19-5-3-18(4-6-19)15-27-25(29)21-13-20-14-22(26)7-8-24(20)31-17-21;1-29(2,21-6-4-3-5-7-21)15-17-8-10-20(11-9-17)28-25(30)18-12-22-23(27)13-19(26)14-24(22)31-16-18;1-28(2,20-7-9-30-10-8-20)14-16-3-5-19(6-4-16)27-24(29)18-11-17-12-21(25)22(26)13-23(17)31-15-18/h3-8,13-14,23H,9-12,15-17H2,1-2H3;8-14,21H,3-7,15-16H2,1-2H3;3-6,11-13,20H,7-10,14-15H2,1-2H3/p+3. The van der Waals surface area contributed by atoms with Gasteiger partial charge in [0.05, 0.1) is 119 Å². The smallest absolute Gasteiger partial charge is 0.255 e. The summed E-state index contributed by atoms with van der Waals surface area (Å²) >= 11 is 27.9. The molecule has 14 nitrogen and oxygen atoms in total. The van der Waals surface area contributed by atoms with Gasteiger partial charge in [-0.15, -0.1) is 0 Å². The van der Waals surface area contributed by atoms with Gasteiger partial charge in [-0.1, -0.05) is 117 Å². The minimum absolute atomic E-state index is 0.0907. The lowest BCUT2D eigenvalue weighted by Crippen LogP contribution is -2.50. The second-order valence-electron chi connectivity index (χ2n) is 26.8. The van der Waals surface area contributed by atoms with Crippen molar-refractivity contribution < 1.29 is 51.5 Å². The molecule has 1 aliphatic carbocycles. The van der Waals surface area contributed by atoms with Gasteiger partial charge in [0.15, 0.2) is 0 Å². The van der Waals surface area contributed by atoms with Crippen LogP contribution < -0.4 is 30.2 Å². The fraction of sp³-hybridized carbons (Fsp3) is 0.392. The Hall–Kier alpha value is -6.21. The summed E-state index contributed by atoms with van der Waals surface area (Å²) in [5.41, 5.74) is 10.5. The van der Waals surface area contributed by atoms with E-state index in [2.05, 4.69) is 123 Å². The maximum absolute atomic E-state index is 12.7. The maximum Gasteiger partial charge on any atom is 0.255 e. The zero-order valence-corrected chi connectivity index (χ0v) is 58.7. The fourth-order valence-electron chi connectivity index (χ4n) is 13.1. The number of amides is 3. The van der Waals surface area contributed by atoms with E-state index in [1.807, 2.05) is 48.5 Å². The lowest BCUT2D eigenvalue weighted by molar-refractivity contribution is -0.929. The van der Waals surface area contributed by atoms with E-state index in [1.165, 1.54) is 48.8 Å². The van der Waals surface area contributed by atoms with Gasteiger partial charge in [-0.2, -0.15) is 0 Å². The quantitative estimate of drug-likeness (QED) is 0.0816. The Balaban J connectivity index is 0.000000153. The molecule has 492 valence electrons. The monoisotopic (exact) mass is 1410 g/mol. The average molecular weight is 1410 g/mol. The first-order valence-corrected chi connectivity index (χ1v) is 34.4. The molecule has 0 spiro atoms. The van der Waals surface area contributed by atoms with Crippen molar-refractivity contribution in [3.05, 3.63) is 195 Å². The van der Waals surface area contributed by atoms with Crippen LogP contribution in [0.3, 0.4) is 0 Å². The molecule has 0 atom stereocenters. The van der Waals surface area contributed by atoms with Crippen LogP contribution in [0.1, 0.15) is 96.7 Å². The molecule has 6 aliphatic rings. The molecule has 5 heterocycles. The molecule has 6 aromatic carbocycles. The number of ether oxygens (including phenoxy) is 5. The van der Waals surface area contributed by atoms with Gasteiger partial charge < -0.3 is 53.1 Å². The SMILES string of the molecule is C[N+](C)(Cc1ccc(CNC(=O)C2=Cc3cc(Br)ccc3OC2)cc1)C1CCOCC1.C[N+](C)(Cc1ccc(NC(=O)C2=Cc3c(Cl)cc(Cl)cc3OC2)cc1)C1CCCCC1.C[N+](C)(Cc1ccc(NC(=O)C2=Cc3cc(Cl)c(Cl)cc3OC2)cc1)C1CCOCC1. The van der Waals surface area contributed by atoms with E-state index < -0.39 is 0 Å². The number of rotatable bonds is 16. The maximum atomic E-state index is 12.7. The molecule has 3 N–H and O–H groups in total. The minimum atomic E-state index is -0.192. The largest absolute Gasteiger partial charge is 0.488 e. The van der Waals surface area contributed by atoms with Crippen LogP contribution in [0.4, 0.5) is 11.4 Å². The van der Waals surface area contributed by atoms with E-state index in [0.29, 0.717) is 79.1 Å². The first-order chi connectivity index (χ1) is 44.5. The van der Waals surface area contributed by atoms with E-state index in [-0.39, 0.29) is 30.9 Å². The van der Waals surface area contributed by atoms with Gasteiger partial charge in [0, 0.05) is 92.5 Å². The van der Waals surface area contributed by atoms with Gasteiger partial charge in [0.25, 0.3) is 17.7 Å². The number of hydrogen-bond acceptors (Lipinski definition) is 8. The second kappa shape index (κ2) is 31.6. The molecule has 0 radical (unpaired) electrons. The van der Waals surface area contributed by atoms with Crippen molar-refractivity contribution in [2.24, 2.45) is 0 Å². The van der Waals surface area contributed by atoms with Crippen LogP contribution in [0.25, 0.3) is 18.2 Å². The van der Waals surface area contributed by atoms with Crippen molar-refractivity contribution in [1.29, 1.82) is 0 Å². The number of carbonyl (C=O) groups excluding carboxylic acids is 3. The lowest BCUT2D eigenvalue weighted by atomic mass is 9.92. The molecule has 2 saturated heterocycles. The number of carbonyl (C=O) groups is 3. The van der Waals surface area contributed by atoms with Crippen molar-refractivity contribution in [3.63, 3.8) is 0 Å². The summed E-state index contributed by atoms with van der Waals surface area (Å²) in [5, 5.41) is 10.8. The first kappa shape index (κ1) is 69.6. The van der Waals surface area contributed by atoms with Crippen LogP contribution in [0, 0.1) is 0 Å². The third kappa shape index (κ3) is 19.1. The molecule has 12 rings (SSSR count). The van der Waals surface area contributed by atoms with Crippen LogP contribution in [-0.2, 0) is 50.0 Å². The average Bonchev–Trinajstić information content (AvgIpc) is 1.35. The van der Waals surface area contributed by atoms with Gasteiger partial charge in [0.1, 0.15) is 56.7 Å². The van der Waals surface area contributed by atoms with Gasteiger partial charge >= 0.3 is 0 Å². The molecular formula is C74H86BrCl4N6O8+3. The van der Waals surface area contributed by atoms with Crippen molar-refractivity contribution in [2.45, 2.75) is 102 Å². The van der Waals surface area contributed by atoms with Gasteiger partial charge in [-0.05, 0) is 110 Å². The second-order valence-corrected chi connectivity index (χ2v) is 29.3. The van der Waals surface area contributed by atoms with E-state index >= 15 is 0 Å². The van der Waals surface area contributed by atoms with Crippen molar-refractivity contribution >= 4 is 110 Å². The minimum Gasteiger partial charge on any atom is -0.488 e. The number of anilines is 2. The highest BCUT2D eigenvalue weighted by molar-refractivity contribution is 9.10. The zero-order valence-electron chi connectivity index (χ0n) is 54.1. The Morgan fingerprint density at radius 3 is 1.41 bits per heavy atom. The van der Waals surface area contributed by atoms with Crippen LogP contribution in [0.15, 0.2) is 136 Å². The Kier molecular flexibility index (Phi) is 23.6. The van der Waals surface area contributed by atoms with Crippen molar-refractivity contribution in [1.82, 2.24) is 5.32 Å². The number of fused-ring (bicyclic) bond motifs is 3. The fourth-order valence-corrected chi connectivity index (χ4v) is 14.3. The number of benzene rings is 6. The summed E-state index contributed by atoms with van der Waals surface area (Å²) in [5.74, 6) is 1.55. The highest BCUT2D eigenvalue weighted by Gasteiger charge is 2.33. The zero-order chi connectivity index (χ0) is 65.9. The number of hydrogen-bond donors (Lipinski definition) is 3. The summed E-state index contributed by atoms with van der Waals surface area (Å²) in [4.78, 5) is 38.1. The summed E-state index contributed by atoms with van der Waals surface area (Å²) < 4.78 is 32.0. The summed E-state index contributed by atoms with van der Waals surface area (Å²) in [6.45, 7) is 7.53. The molecule has 3 amide bonds. The number of quaternary nitrogens is 3. The summed E-state index contributed by atoms with van der Waals surface area (Å²) in [7, 11) is 13.8. The van der Waals surface area contributed by atoms with Crippen LogP contribution >= 0.6 is 62.3 Å². The predicted octanol–water partition coefficient (Wildman–Crippen LogP) is 15.8. The molecule has 19 heteroatoms. The number of nitrogens with one attached hydrogen (secondary N) is 3. The van der Waals surface area contributed by atoms with Crippen LogP contribution in [0.5, 0.6) is 17.2 Å². The normalized spacial score (nSPS) is 16.8. The van der Waals surface area contributed by atoms with Crippen molar-refractivity contribution in [3.8, 4) is 17.2 Å². The predicted molar refractivity (Wildman–Crippen MR) is 378 cm³/mol. The van der Waals surface area contributed by atoms with Gasteiger partial charge in [-0.25, -0.2) is 0 Å². The Morgan fingerprint density at radius 2 is 0.882 bits per heavy atom. The van der Waals surface area contributed by atoms with Crippen LogP contribution in [0.2, 0.25) is 20.1 Å². The van der Waals surface area contributed by atoms with Gasteiger partial charge in [-0.3, -0.25) is 14.4 Å². The lowest BCUT2D eigenvalue weighted by Gasteiger charge is -2.40. The van der Waals surface area contributed by atoms with Crippen molar-refractivity contribution in [2.75, 3.05) is 99.2 Å². The molecule has 0 aromatic heterocycles. The highest BCUT2D eigenvalue weighted by Crippen LogP contribution is 2.38. The van der Waals surface area contributed by atoms with Crippen LogP contribution in [-0.4, -0.2) is 138 Å². The Labute approximate surface area is 576 Å².